The first-order valence-corrected chi connectivity index (χ1v) is 6.36. The zero-order chi connectivity index (χ0) is 11.5. The highest BCUT2D eigenvalue weighted by molar-refractivity contribution is 9.09. The fraction of sp³-hybridized carbons (Fsp3) is 0.231. The molecular weight excluding hydrogens is 266 g/mol. The second kappa shape index (κ2) is 4.74. The van der Waals surface area contributed by atoms with Crippen molar-refractivity contribution < 1.29 is 4.79 Å². The third-order valence-electron chi connectivity index (χ3n) is 2.55. The highest BCUT2D eigenvalue weighted by Gasteiger charge is 2.10. The van der Waals surface area contributed by atoms with Crippen LogP contribution in [0.3, 0.4) is 0 Å². The van der Waals surface area contributed by atoms with Gasteiger partial charge in [0.15, 0.2) is 5.78 Å². The molecule has 82 valence electrons. The molecule has 0 saturated heterocycles. The Balaban J connectivity index is 2.73. The van der Waals surface area contributed by atoms with Crippen LogP contribution in [0.4, 0.5) is 0 Å². The van der Waals surface area contributed by atoms with Gasteiger partial charge in [-0.25, -0.2) is 0 Å². The molecule has 0 spiro atoms. The van der Waals surface area contributed by atoms with Gasteiger partial charge in [0.25, 0.3) is 0 Å². The van der Waals surface area contributed by atoms with Gasteiger partial charge in [0.05, 0.1) is 10.8 Å². The first-order chi connectivity index (χ1) is 7.76. The van der Waals surface area contributed by atoms with Gasteiger partial charge >= 0.3 is 0 Å². The monoisotopic (exact) mass is 277 g/mol. The lowest BCUT2D eigenvalue weighted by Crippen LogP contribution is -2.03. The molecule has 1 heterocycles. The Kier molecular flexibility index (Phi) is 3.34. The van der Waals surface area contributed by atoms with Crippen LogP contribution in [-0.4, -0.2) is 16.1 Å². The number of para-hydroxylation sites is 1. The van der Waals surface area contributed by atoms with Crippen LogP contribution < -0.4 is 0 Å². The molecule has 0 fully saturated rings. The number of Topliss-reactive ketones (excluding diaryl/α,β-unsaturated/α-hetero) is 1. The Morgan fingerprint density at radius 3 is 2.81 bits per heavy atom. The first kappa shape index (κ1) is 11.3. The number of ketones is 1. The number of nitrogens with zero attached hydrogens (tertiary/aromatic N) is 1. The molecule has 0 aliphatic rings. The summed E-state index contributed by atoms with van der Waals surface area (Å²) in [5.41, 5.74) is 2.62. The van der Waals surface area contributed by atoms with E-state index in [2.05, 4.69) is 20.9 Å². The SMILES string of the molecule is CCc1cc(C(=O)CBr)c2ccccc2n1. The fourth-order valence-corrected chi connectivity index (χ4v) is 2.02. The lowest BCUT2D eigenvalue weighted by atomic mass is 10.0. The molecule has 0 aliphatic carbocycles. The van der Waals surface area contributed by atoms with Crippen molar-refractivity contribution in [2.24, 2.45) is 0 Å². The normalized spacial score (nSPS) is 10.6. The van der Waals surface area contributed by atoms with Crippen molar-refractivity contribution in [1.29, 1.82) is 0 Å². The molecule has 16 heavy (non-hydrogen) atoms. The fourth-order valence-electron chi connectivity index (χ4n) is 1.71. The average Bonchev–Trinajstić information content (AvgIpc) is 2.36. The standard InChI is InChI=1S/C13H12BrNO/c1-2-9-7-11(13(16)8-14)10-5-3-4-6-12(10)15-9/h3-7H,2,8H2,1H3. The zero-order valence-electron chi connectivity index (χ0n) is 9.03. The Morgan fingerprint density at radius 1 is 1.38 bits per heavy atom. The van der Waals surface area contributed by atoms with E-state index in [1.54, 1.807) is 0 Å². The molecule has 0 aliphatic heterocycles. The van der Waals surface area contributed by atoms with Gasteiger partial charge in [0, 0.05) is 16.6 Å². The number of hydrogen-bond donors (Lipinski definition) is 0. The number of alkyl halides is 1. The summed E-state index contributed by atoms with van der Waals surface area (Å²) in [4.78, 5) is 16.3. The number of carbonyl (C=O) groups excluding carboxylic acids is 1. The van der Waals surface area contributed by atoms with E-state index in [9.17, 15) is 4.79 Å². The number of fused-ring (bicyclic) bond motifs is 1. The number of hydrogen-bond acceptors (Lipinski definition) is 2. The van der Waals surface area contributed by atoms with Gasteiger partial charge in [-0.05, 0) is 18.6 Å². The summed E-state index contributed by atoms with van der Waals surface area (Å²) in [6, 6.07) is 9.65. The summed E-state index contributed by atoms with van der Waals surface area (Å²) in [5, 5.41) is 1.29. The van der Waals surface area contributed by atoms with Crippen molar-refractivity contribution in [3.05, 3.63) is 41.6 Å². The predicted octanol–water partition coefficient (Wildman–Crippen LogP) is 3.37. The van der Waals surface area contributed by atoms with Gasteiger partial charge in [-0.1, -0.05) is 41.1 Å². The van der Waals surface area contributed by atoms with Crippen LogP contribution in [0, 0.1) is 0 Å². The maximum absolute atomic E-state index is 11.8. The number of aryl methyl sites for hydroxylation is 1. The molecule has 0 radical (unpaired) electrons. The van der Waals surface area contributed by atoms with Crippen LogP contribution in [0.25, 0.3) is 10.9 Å². The molecule has 2 aromatic rings. The van der Waals surface area contributed by atoms with Crippen molar-refractivity contribution in [1.82, 2.24) is 4.98 Å². The minimum Gasteiger partial charge on any atom is -0.293 e. The smallest absolute Gasteiger partial charge is 0.174 e. The van der Waals surface area contributed by atoms with Crippen molar-refractivity contribution in [3.8, 4) is 0 Å². The Morgan fingerprint density at radius 2 is 2.12 bits per heavy atom. The van der Waals surface area contributed by atoms with E-state index in [0.717, 1.165) is 28.6 Å². The third-order valence-corrected chi connectivity index (χ3v) is 3.06. The second-order valence-corrected chi connectivity index (χ2v) is 4.15. The minimum atomic E-state index is 0.105. The summed E-state index contributed by atoms with van der Waals surface area (Å²) < 4.78 is 0. The lowest BCUT2D eigenvalue weighted by molar-refractivity contribution is 0.102. The largest absolute Gasteiger partial charge is 0.293 e. The van der Waals surface area contributed by atoms with E-state index >= 15 is 0 Å². The molecule has 3 heteroatoms. The zero-order valence-corrected chi connectivity index (χ0v) is 10.6. The average molecular weight is 278 g/mol. The van der Waals surface area contributed by atoms with E-state index in [0.29, 0.717) is 5.33 Å². The van der Waals surface area contributed by atoms with Crippen molar-refractivity contribution in [3.63, 3.8) is 0 Å². The van der Waals surface area contributed by atoms with Crippen LogP contribution in [0.1, 0.15) is 23.0 Å². The van der Waals surface area contributed by atoms with Crippen LogP contribution >= 0.6 is 15.9 Å². The summed E-state index contributed by atoms with van der Waals surface area (Å²) >= 11 is 3.21. The van der Waals surface area contributed by atoms with E-state index < -0.39 is 0 Å². The Bertz CT molecular complexity index is 536. The van der Waals surface area contributed by atoms with E-state index in [4.69, 9.17) is 0 Å². The van der Waals surface area contributed by atoms with Gasteiger partial charge in [0.1, 0.15) is 0 Å². The summed E-state index contributed by atoms with van der Waals surface area (Å²) in [6.07, 6.45) is 0.841. The van der Waals surface area contributed by atoms with Crippen molar-refractivity contribution in [2.75, 3.05) is 5.33 Å². The number of rotatable bonds is 3. The van der Waals surface area contributed by atoms with E-state index in [1.807, 2.05) is 37.3 Å². The van der Waals surface area contributed by atoms with Crippen molar-refractivity contribution >= 4 is 32.6 Å². The molecule has 0 unspecified atom stereocenters. The van der Waals surface area contributed by atoms with E-state index in [1.165, 1.54) is 0 Å². The van der Waals surface area contributed by atoms with Crippen LogP contribution in [0.5, 0.6) is 0 Å². The molecular formula is C13H12BrNO. The summed E-state index contributed by atoms with van der Waals surface area (Å²) in [7, 11) is 0. The molecule has 2 nitrogen and oxygen atoms in total. The second-order valence-electron chi connectivity index (χ2n) is 3.59. The maximum atomic E-state index is 11.8. The van der Waals surface area contributed by atoms with Crippen LogP contribution in [0.15, 0.2) is 30.3 Å². The quantitative estimate of drug-likeness (QED) is 0.636. The van der Waals surface area contributed by atoms with Gasteiger partial charge in [0.2, 0.25) is 0 Å². The minimum absolute atomic E-state index is 0.105. The Hall–Kier alpha value is -1.22. The molecule has 1 aromatic carbocycles. The number of benzene rings is 1. The van der Waals surface area contributed by atoms with Gasteiger partial charge in [-0.15, -0.1) is 0 Å². The highest BCUT2D eigenvalue weighted by atomic mass is 79.9. The lowest BCUT2D eigenvalue weighted by Gasteiger charge is -2.06. The van der Waals surface area contributed by atoms with Crippen LogP contribution in [0.2, 0.25) is 0 Å². The molecule has 0 bridgehead atoms. The molecule has 0 N–H and O–H groups in total. The van der Waals surface area contributed by atoms with Crippen molar-refractivity contribution in [2.45, 2.75) is 13.3 Å². The number of aromatic nitrogens is 1. The summed E-state index contributed by atoms with van der Waals surface area (Å²) in [6.45, 7) is 2.04. The number of carbonyl (C=O) groups is 1. The highest BCUT2D eigenvalue weighted by Crippen LogP contribution is 2.19. The predicted molar refractivity (Wildman–Crippen MR) is 69.2 cm³/mol. The molecule has 0 amide bonds. The molecule has 0 saturated carbocycles. The molecule has 2 rings (SSSR count). The third kappa shape index (κ3) is 2.00. The Labute approximate surface area is 103 Å². The number of halogens is 1. The summed E-state index contributed by atoms with van der Waals surface area (Å²) in [5.74, 6) is 0.105. The maximum Gasteiger partial charge on any atom is 0.174 e. The molecule has 0 atom stereocenters. The first-order valence-electron chi connectivity index (χ1n) is 5.24. The van der Waals surface area contributed by atoms with Crippen LogP contribution in [-0.2, 0) is 6.42 Å². The van der Waals surface area contributed by atoms with Gasteiger partial charge in [-0.3, -0.25) is 9.78 Å². The topological polar surface area (TPSA) is 30.0 Å². The number of pyridine rings is 1. The van der Waals surface area contributed by atoms with Gasteiger partial charge in [-0.2, -0.15) is 0 Å². The molecule has 1 aromatic heterocycles. The van der Waals surface area contributed by atoms with E-state index in [-0.39, 0.29) is 5.78 Å². The van der Waals surface area contributed by atoms with Gasteiger partial charge < -0.3 is 0 Å².